The molecule has 0 bridgehead atoms. The van der Waals surface area contributed by atoms with Gasteiger partial charge in [0.15, 0.2) is 0 Å². The number of hydrogen-bond acceptors (Lipinski definition) is 4. The minimum atomic E-state index is -3.76. The van der Waals surface area contributed by atoms with Crippen LogP contribution in [0.2, 0.25) is 5.15 Å². The van der Waals surface area contributed by atoms with Crippen LogP contribution in [0, 0.1) is 6.92 Å². The number of amides is 1. The summed E-state index contributed by atoms with van der Waals surface area (Å²) in [4.78, 5) is 12.0. The van der Waals surface area contributed by atoms with Gasteiger partial charge in [0.05, 0.1) is 10.6 Å². The smallest absolute Gasteiger partial charge is 0.248 e. The number of primary sulfonamides is 1. The second-order valence-electron chi connectivity index (χ2n) is 5.76. The van der Waals surface area contributed by atoms with E-state index in [1.807, 2.05) is 6.92 Å². The van der Waals surface area contributed by atoms with E-state index in [4.69, 9.17) is 16.7 Å². The number of aromatic nitrogens is 2. The summed E-state index contributed by atoms with van der Waals surface area (Å²) in [6, 6.07) is 5.58. The standard InChI is InChI=1S/C17H21ClN4O3S/c1-3-4-11-22-17(18)15(12(2)21-22)9-10-16(23)20-13-5-7-14(8-6-13)26(19,24)25/h5-10H,3-4,11H2,1-2H3,(H,20,23)(H2,19,24,25)/b10-9+. The fourth-order valence-electron chi connectivity index (χ4n) is 2.28. The van der Waals surface area contributed by atoms with Gasteiger partial charge in [-0.25, -0.2) is 13.6 Å². The average molecular weight is 397 g/mol. The quantitative estimate of drug-likeness (QED) is 0.701. The zero-order valence-corrected chi connectivity index (χ0v) is 16.1. The maximum atomic E-state index is 12.1. The van der Waals surface area contributed by atoms with E-state index in [0.717, 1.165) is 25.1 Å². The van der Waals surface area contributed by atoms with Gasteiger partial charge in [-0.3, -0.25) is 9.48 Å². The molecule has 0 radical (unpaired) electrons. The monoisotopic (exact) mass is 396 g/mol. The Hall–Kier alpha value is -2.16. The highest BCUT2D eigenvalue weighted by molar-refractivity contribution is 7.89. The lowest BCUT2D eigenvalue weighted by molar-refractivity contribution is -0.111. The zero-order valence-electron chi connectivity index (χ0n) is 14.6. The van der Waals surface area contributed by atoms with Gasteiger partial charge in [0, 0.05) is 23.9 Å². The maximum absolute atomic E-state index is 12.1. The first kappa shape index (κ1) is 20.2. The maximum Gasteiger partial charge on any atom is 0.248 e. The molecule has 7 nitrogen and oxygen atoms in total. The molecule has 3 N–H and O–H groups in total. The molecule has 0 spiro atoms. The predicted molar refractivity (Wildman–Crippen MR) is 102 cm³/mol. The Labute approximate surface area is 157 Å². The van der Waals surface area contributed by atoms with Crippen LogP contribution in [0.4, 0.5) is 5.69 Å². The van der Waals surface area contributed by atoms with E-state index in [1.54, 1.807) is 10.8 Å². The van der Waals surface area contributed by atoms with Crippen LogP contribution in [-0.4, -0.2) is 24.1 Å². The first-order valence-corrected chi connectivity index (χ1v) is 9.99. The first-order chi connectivity index (χ1) is 12.2. The third-order valence-corrected chi connectivity index (χ3v) is 5.01. The topological polar surface area (TPSA) is 107 Å². The van der Waals surface area contributed by atoms with Gasteiger partial charge in [-0.2, -0.15) is 5.10 Å². The van der Waals surface area contributed by atoms with Gasteiger partial charge < -0.3 is 5.32 Å². The van der Waals surface area contributed by atoms with Gasteiger partial charge in [0.25, 0.3) is 0 Å². The predicted octanol–water partition coefficient (Wildman–Crippen LogP) is 2.94. The molecule has 140 valence electrons. The second kappa shape index (κ2) is 8.48. The summed E-state index contributed by atoms with van der Waals surface area (Å²) in [5, 5.41) is 12.5. The number of hydrogen-bond donors (Lipinski definition) is 2. The molecule has 0 aliphatic carbocycles. The van der Waals surface area contributed by atoms with Crippen molar-refractivity contribution in [3.63, 3.8) is 0 Å². The fourth-order valence-corrected chi connectivity index (χ4v) is 3.12. The highest BCUT2D eigenvalue weighted by Gasteiger charge is 2.11. The van der Waals surface area contributed by atoms with Crippen LogP contribution >= 0.6 is 11.6 Å². The number of aryl methyl sites for hydroxylation is 2. The Kier molecular flexibility index (Phi) is 6.57. The summed E-state index contributed by atoms with van der Waals surface area (Å²) in [7, 11) is -3.76. The molecule has 0 unspecified atom stereocenters. The van der Waals surface area contributed by atoms with Gasteiger partial charge in [-0.1, -0.05) is 24.9 Å². The van der Waals surface area contributed by atoms with Crippen molar-refractivity contribution in [3.8, 4) is 0 Å². The molecule has 2 aromatic rings. The number of sulfonamides is 1. The summed E-state index contributed by atoms with van der Waals surface area (Å²) < 4.78 is 24.2. The Balaban J connectivity index is 2.07. The van der Waals surface area contributed by atoms with Crippen LogP contribution in [0.5, 0.6) is 0 Å². The molecule has 9 heteroatoms. The second-order valence-corrected chi connectivity index (χ2v) is 7.68. The molecule has 1 aromatic carbocycles. The van der Waals surface area contributed by atoms with Crippen molar-refractivity contribution in [3.05, 3.63) is 46.8 Å². The highest BCUT2D eigenvalue weighted by atomic mass is 35.5. The first-order valence-electron chi connectivity index (χ1n) is 8.07. The molecule has 0 saturated heterocycles. The molecule has 0 saturated carbocycles. The number of rotatable bonds is 7. The molecular formula is C17H21ClN4O3S. The Morgan fingerprint density at radius 2 is 2.00 bits per heavy atom. The van der Waals surface area contributed by atoms with E-state index in [2.05, 4.69) is 17.3 Å². The highest BCUT2D eigenvalue weighted by Crippen LogP contribution is 2.22. The number of benzene rings is 1. The van der Waals surface area contributed by atoms with Crippen molar-refractivity contribution in [2.45, 2.75) is 38.1 Å². The van der Waals surface area contributed by atoms with E-state index in [-0.39, 0.29) is 10.8 Å². The van der Waals surface area contributed by atoms with Crippen molar-refractivity contribution < 1.29 is 13.2 Å². The molecule has 26 heavy (non-hydrogen) atoms. The third-order valence-electron chi connectivity index (χ3n) is 3.68. The molecule has 1 heterocycles. The molecule has 0 aliphatic rings. The number of nitrogens with one attached hydrogen (secondary N) is 1. The van der Waals surface area contributed by atoms with Crippen LogP contribution in [0.1, 0.15) is 31.0 Å². The summed E-state index contributed by atoms with van der Waals surface area (Å²) in [6.45, 7) is 4.65. The van der Waals surface area contributed by atoms with E-state index in [0.29, 0.717) is 16.4 Å². The number of nitrogens with zero attached hydrogens (tertiary/aromatic N) is 2. The molecule has 0 fully saturated rings. The SMILES string of the molecule is CCCCn1nc(C)c(/C=C/C(=O)Nc2ccc(S(N)(=O)=O)cc2)c1Cl. The summed E-state index contributed by atoms with van der Waals surface area (Å²) >= 11 is 6.32. The minimum Gasteiger partial charge on any atom is -0.323 e. The fraction of sp³-hybridized carbons (Fsp3) is 0.294. The summed E-state index contributed by atoms with van der Waals surface area (Å²) in [5.74, 6) is -0.370. The van der Waals surface area contributed by atoms with Gasteiger partial charge in [0.1, 0.15) is 5.15 Å². The molecule has 0 atom stereocenters. The summed E-state index contributed by atoms with van der Waals surface area (Å²) in [6.07, 6.45) is 4.97. The number of anilines is 1. The van der Waals surface area contributed by atoms with E-state index < -0.39 is 10.0 Å². The van der Waals surface area contributed by atoms with Crippen LogP contribution in [0.3, 0.4) is 0 Å². The number of unbranched alkanes of at least 4 members (excludes halogenated alkanes) is 1. The number of halogens is 1. The molecule has 1 amide bonds. The molecule has 2 rings (SSSR count). The van der Waals surface area contributed by atoms with E-state index in [1.165, 1.54) is 30.3 Å². The van der Waals surface area contributed by atoms with E-state index in [9.17, 15) is 13.2 Å². The Bertz CT molecular complexity index is 918. The lowest BCUT2D eigenvalue weighted by Crippen LogP contribution is -2.12. The Morgan fingerprint density at radius 1 is 1.35 bits per heavy atom. The van der Waals surface area contributed by atoms with Gasteiger partial charge >= 0.3 is 0 Å². The van der Waals surface area contributed by atoms with Crippen LogP contribution in [0.25, 0.3) is 6.08 Å². The lowest BCUT2D eigenvalue weighted by Gasteiger charge is -2.03. The van der Waals surface area contributed by atoms with Crippen molar-refractivity contribution >= 4 is 39.3 Å². The average Bonchev–Trinajstić information content (AvgIpc) is 2.84. The van der Waals surface area contributed by atoms with Crippen molar-refractivity contribution in [2.75, 3.05) is 5.32 Å². The van der Waals surface area contributed by atoms with Crippen LogP contribution < -0.4 is 10.5 Å². The number of carbonyl (C=O) groups excluding carboxylic acids is 1. The molecule has 0 aliphatic heterocycles. The van der Waals surface area contributed by atoms with Gasteiger partial charge in [-0.05, 0) is 43.7 Å². The zero-order chi connectivity index (χ0) is 19.3. The van der Waals surface area contributed by atoms with Crippen molar-refractivity contribution in [1.29, 1.82) is 0 Å². The largest absolute Gasteiger partial charge is 0.323 e. The van der Waals surface area contributed by atoms with Gasteiger partial charge in [0.2, 0.25) is 15.9 Å². The van der Waals surface area contributed by atoms with Crippen molar-refractivity contribution in [1.82, 2.24) is 9.78 Å². The van der Waals surface area contributed by atoms with Crippen LogP contribution in [-0.2, 0) is 21.4 Å². The molecular weight excluding hydrogens is 376 g/mol. The normalized spacial score (nSPS) is 11.8. The third kappa shape index (κ3) is 5.17. The van der Waals surface area contributed by atoms with Gasteiger partial charge in [-0.15, -0.1) is 0 Å². The van der Waals surface area contributed by atoms with Crippen molar-refractivity contribution in [2.24, 2.45) is 5.14 Å². The summed E-state index contributed by atoms with van der Waals surface area (Å²) in [5.41, 5.74) is 1.89. The minimum absolute atomic E-state index is 0.0204. The van der Waals surface area contributed by atoms with E-state index >= 15 is 0 Å². The number of nitrogens with two attached hydrogens (primary N) is 1. The lowest BCUT2D eigenvalue weighted by atomic mass is 10.2. The van der Waals surface area contributed by atoms with Crippen LogP contribution in [0.15, 0.2) is 35.2 Å². The molecule has 1 aromatic heterocycles. The number of carbonyl (C=O) groups is 1. The Morgan fingerprint density at radius 3 is 2.58 bits per heavy atom.